The van der Waals surface area contributed by atoms with Crippen molar-refractivity contribution in [1.29, 1.82) is 0 Å². The van der Waals surface area contributed by atoms with Gasteiger partial charge in [-0.15, -0.1) is 0 Å². The van der Waals surface area contributed by atoms with E-state index in [9.17, 15) is 19.2 Å². The molecule has 8 nitrogen and oxygen atoms in total. The largest absolute Gasteiger partial charge is 0.465 e. The maximum atomic E-state index is 13.0. The summed E-state index contributed by atoms with van der Waals surface area (Å²) in [4.78, 5) is 52.2. The summed E-state index contributed by atoms with van der Waals surface area (Å²) in [6, 6.07) is 38.3. The minimum Gasteiger partial charge on any atom is -0.465 e. The zero-order valence-electron chi connectivity index (χ0n) is 33.4. The molecule has 12 bridgehead atoms. The van der Waals surface area contributed by atoms with Crippen molar-refractivity contribution in [3.05, 3.63) is 188 Å². The molecular weight excluding hydrogens is 753 g/mol. The minimum absolute atomic E-state index is 0.300. The first-order valence-corrected chi connectivity index (χ1v) is 19.0. The van der Waals surface area contributed by atoms with Crippen molar-refractivity contribution in [2.75, 3.05) is 28.4 Å². The van der Waals surface area contributed by atoms with Crippen LogP contribution in [-0.2, 0) is 18.9 Å². The first kappa shape index (κ1) is 40.4. The van der Waals surface area contributed by atoms with Gasteiger partial charge in [0, 0.05) is 0 Å². The van der Waals surface area contributed by atoms with Gasteiger partial charge in [0.1, 0.15) is 0 Å². The highest BCUT2D eigenvalue weighted by atomic mass is 16.5. The van der Waals surface area contributed by atoms with Crippen LogP contribution in [0.5, 0.6) is 0 Å². The van der Waals surface area contributed by atoms with Gasteiger partial charge in [-0.2, -0.15) is 0 Å². The van der Waals surface area contributed by atoms with E-state index in [1.807, 2.05) is 121 Å². The summed E-state index contributed by atoms with van der Waals surface area (Å²) in [5.74, 6) is -2.15. The molecule has 16 aliphatic carbocycles. The SMILES string of the molecule is COC(=O)c1cc2c(C(=O)OC)cc1/C=C\c1ccc(cc1)-c1ccc(cc1)/C=C\c1cc(C(=O)OC)c(cc1C(=O)OC)/C=C\c1ccc(cc1)-c1ccc(cc1)/C=C\2. The Morgan fingerprint density at radius 2 is 0.467 bits per heavy atom. The van der Waals surface area contributed by atoms with E-state index in [1.54, 1.807) is 48.6 Å². The van der Waals surface area contributed by atoms with E-state index < -0.39 is 23.9 Å². The van der Waals surface area contributed by atoms with Crippen molar-refractivity contribution in [3.63, 3.8) is 0 Å². The average Bonchev–Trinajstić information content (AvgIpc) is 3.30. The number of rotatable bonds is 4. The molecule has 0 N–H and O–H groups in total. The van der Waals surface area contributed by atoms with E-state index in [1.165, 1.54) is 28.4 Å². The Kier molecular flexibility index (Phi) is 12.2. The third kappa shape index (κ3) is 8.98. The van der Waals surface area contributed by atoms with Crippen molar-refractivity contribution in [2.45, 2.75) is 0 Å². The molecule has 0 saturated heterocycles. The van der Waals surface area contributed by atoms with Crippen molar-refractivity contribution < 1.29 is 38.1 Å². The molecule has 0 heterocycles. The van der Waals surface area contributed by atoms with Crippen LogP contribution in [0.15, 0.2) is 121 Å². The van der Waals surface area contributed by atoms with Gasteiger partial charge < -0.3 is 18.9 Å². The van der Waals surface area contributed by atoms with E-state index in [-0.39, 0.29) is 0 Å². The third-order valence-corrected chi connectivity index (χ3v) is 10.2. The van der Waals surface area contributed by atoms with Crippen LogP contribution in [0.4, 0.5) is 0 Å². The van der Waals surface area contributed by atoms with Crippen LogP contribution in [0.2, 0.25) is 0 Å². The standard InChI is InChI=1S/C52H40O8/c1-57-49(53)45-29-42-26-14-34-7-19-38(20-8-34)40-23-11-36(12-24-40)16-28-44-32-47(51(55)59-3)43(31-48(44)52(56)60-4)27-15-35-9-21-39(22-10-35)37-17-5-33(6-18-37)13-25-41(45)30-46(42)50(54)58-2/h5-32H,1-4H3/b25-13-,26-14-,27-15-,28-16-,33-13?,34-14?,35-15?,36-16?,39-37?,40-38?,41-25?,42-26?,43-27?,44-28?. The number of methoxy groups -OCH3 is 4. The molecule has 6 aromatic rings. The number of ether oxygens (including phenoxy) is 4. The van der Waals surface area contributed by atoms with Crippen LogP contribution in [0, 0.1) is 0 Å². The lowest BCUT2D eigenvalue weighted by Gasteiger charge is -2.11. The lowest BCUT2D eigenvalue weighted by atomic mass is 9.95. The predicted octanol–water partition coefficient (Wildman–Crippen LogP) is 11.2. The van der Waals surface area contributed by atoms with Gasteiger partial charge in [0.25, 0.3) is 0 Å². The molecule has 296 valence electrons. The summed E-state index contributed by atoms with van der Waals surface area (Å²) in [5, 5.41) is 0. The van der Waals surface area contributed by atoms with E-state index in [4.69, 9.17) is 18.9 Å². The van der Waals surface area contributed by atoms with Gasteiger partial charge in [0.05, 0.1) is 50.7 Å². The second-order valence-electron chi connectivity index (χ2n) is 13.8. The fraction of sp³-hybridized carbons (Fsp3) is 0.0769. The van der Waals surface area contributed by atoms with Crippen LogP contribution in [0.1, 0.15) is 85.9 Å². The molecule has 0 atom stereocenters. The molecule has 8 heteroatoms. The highest BCUT2D eigenvalue weighted by Gasteiger charge is 2.20. The van der Waals surface area contributed by atoms with Gasteiger partial charge in [0.2, 0.25) is 0 Å². The van der Waals surface area contributed by atoms with Gasteiger partial charge >= 0.3 is 23.9 Å². The molecule has 0 fully saturated rings. The van der Waals surface area contributed by atoms with Crippen molar-refractivity contribution >= 4 is 72.5 Å². The maximum Gasteiger partial charge on any atom is 0.338 e. The molecule has 22 rings (SSSR count). The van der Waals surface area contributed by atoms with Crippen LogP contribution >= 0.6 is 0 Å². The predicted molar refractivity (Wildman–Crippen MR) is 238 cm³/mol. The number of hydrogen-bond donors (Lipinski definition) is 0. The number of esters is 4. The molecule has 0 aromatic heterocycles. The Bertz CT molecular complexity index is 2330. The molecule has 0 spiro atoms. The monoisotopic (exact) mass is 792 g/mol. The molecular formula is C52H40O8. The Balaban J connectivity index is 1.33. The summed E-state index contributed by atoms with van der Waals surface area (Å²) >= 11 is 0. The van der Waals surface area contributed by atoms with Crippen molar-refractivity contribution in [3.8, 4) is 22.3 Å². The zero-order valence-corrected chi connectivity index (χ0v) is 33.4. The molecule has 0 unspecified atom stereocenters. The van der Waals surface area contributed by atoms with Crippen molar-refractivity contribution in [2.24, 2.45) is 0 Å². The Morgan fingerprint density at radius 3 is 0.633 bits per heavy atom. The summed E-state index contributed by atoms with van der Waals surface area (Å²) in [7, 11) is 5.29. The van der Waals surface area contributed by atoms with E-state index in [0.29, 0.717) is 44.5 Å². The number of carbonyl (C=O) groups is 4. The lowest BCUT2D eigenvalue weighted by molar-refractivity contribution is 0.0586. The molecule has 0 aliphatic heterocycles. The van der Waals surface area contributed by atoms with E-state index >= 15 is 0 Å². The first-order chi connectivity index (χ1) is 29.2. The summed E-state index contributed by atoms with van der Waals surface area (Å²) in [6.07, 6.45) is 14.6. The summed E-state index contributed by atoms with van der Waals surface area (Å²) in [6.45, 7) is 0. The third-order valence-electron chi connectivity index (χ3n) is 10.2. The van der Waals surface area contributed by atoms with E-state index in [2.05, 4.69) is 0 Å². The topological polar surface area (TPSA) is 105 Å². The first-order valence-electron chi connectivity index (χ1n) is 19.0. The lowest BCUT2D eigenvalue weighted by Crippen LogP contribution is -2.09. The highest BCUT2D eigenvalue weighted by molar-refractivity contribution is 6.03. The molecule has 0 amide bonds. The van der Waals surface area contributed by atoms with Gasteiger partial charge in [-0.25, -0.2) is 19.2 Å². The number of carbonyl (C=O) groups excluding carboxylic acids is 4. The van der Waals surface area contributed by atoms with Gasteiger partial charge in [0.15, 0.2) is 0 Å². The average molecular weight is 793 g/mol. The Hall–Kier alpha value is -7.84. The van der Waals surface area contributed by atoms with Gasteiger partial charge in [-0.1, -0.05) is 146 Å². The normalized spacial score (nSPS) is 13.8. The van der Waals surface area contributed by atoms with Crippen LogP contribution in [0.3, 0.4) is 0 Å². The molecule has 6 aromatic carbocycles. The quantitative estimate of drug-likeness (QED) is 0.128. The van der Waals surface area contributed by atoms with Gasteiger partial charge in [-0.3, -0.25) is 0 Å². The highest BCUT2D eigenvalue weighted by Crippen LogP contribution is 2.28. The van der Waals surface area contributed by atoms with Crippen LogP contribution < -0.4 is 0 Å². The maximum absolute atomic E-state index is 13.0. The number of benzene rings is 6. The van der Waals surface area contributed by atoms with Crippen LogP contribution in [-0.4, -0.2) is 52.3 Å². The fourth-order valence-corrected chi connectivity index (χ4v) is 6.86. The molecule has 0 radical (unpaired) electrons. The van der Waals surface area contributed by atoms with Crippen LogP contribution in [0.25, 0.3) is 70.9 Å². The summed E-state index contributed by atoms with van der Waals surface area (Å²) < 4.78 is 20.6. The number of hydrogen-bond acceptors (Lipinski definition) is 8. The molecule has 60 heavy (non-hydrogen) atoms. The molecule has 16 aliphatic rings. The fourth-order valence-electron chi connectivity index (χ4n) is 6.86. The Morgan fingerprint density at radius 1 is 0.283 bits per heavy atom. The summed E-state index contributed by atoms with van der Waals surface area (Å²) in [5.41, 5.74) is 10.6. The zero-order chi connectivity index (χ0) is 42.2. The van der Waals surface area contributed by atoms with E-state index in [0.717, 1.165) is 44.5 Å². The second-order valence-corrected chi connectivity index (χ2v) is 13.8. The molecule has 0 saturated carbocycles. The second kappa shape index (κ2) is 18.2. The smallest absolute Gasteiger partial charge is 0.338 e. The Labute approximate surface area is 348 Å². The minimum atomic E-state index is -0.537. The van der Waals surface area contributed by atoms with Crippen molar-refractivity contribution in [1.82, 2.24) is 0 Å². The van der Waals surface area contributed by atoms with Gasteiger partial charge in [-0.05, 0) is 91.0 Å².